The molecule has 2 saturated carbocycles. The van der Waals surface area contributed by atoms with E-state index in [-0.39, 0.29) is 34.0 Å². The van der Waals surface area contributed by atoms with Crippen LogP contribution in [-0.2, 0) is 0 Å². The van der Waals surface area contributed by atoms with Gasteiger partial charge in [0.15, 0.2) is 11.6 Å². The van der Waals surface area contributed by atoms with Crippen LogP contribution in [0.5, 0.6) is 0 Å². The summed E-state index contributed by atoms with van der Waals surface area (Å²) in [5.74, 6) is 2.73. The van der Waals surface area contributed by atoms with Crippen molar-refractivity contribution in [2.24, 2.45) is 0 Å². The highest BCUT2D eigenvalue weighted by atomic mass is 19.1. The summed E-state index contributed by atoms with van der Waals surface area (Å²) in [5.41, 5.74) is 6.67. The first-order valence-corrected chi connectivity index (χ1v) is 23.2. The molecule has 0 amide bonds. The highest BCUT2D eigenvalue weighted by Crippen LogP contribution is 2.40. The number of benzene rings is 2. The van der Waals surface area contributed by atoms with Crippen LogP contribution in [0.15, 0.2) is 126 Å². The van der Waals surface area contributed by atoms with Crippen molar-refractivity contribution in [1.82, 2.24) is 67.7 Å². The van der Waals surface area contributed by atoms with E-state index in [4.69, 9.17) is 4.98 Å². The maximum absolute atomic E-state index is 15.3. The first-order valence-electron chi connectivity index (χ1n) is 23.2. The van der Waals surface area contributed by atoms with Gasteiger partial charge in [-0.3, -0.25) is 18.7 Å². The molecule has 16 nitrogen and oxygen atoms in total. The largest absolute Gasteiger partial charge is 0.310 e. The second kappa shape index (κ2) is 17.1. The lowest BCUT2D eigenvalue weighted by atomic mass is 10.1. The molecule has 0 radical (unpaired) electrons. The third-order valence-electron chi connectivity index (χ3n) is 12.9. The Kier molecular flexibility index (Phi) is 10.8. The van der Waals surface area contributed by atoms with E-state index in [0.29, 0.717) is 51.9 Å². The topological polar surface area (TPSA) is 167 Å². The number of hydrogen-bond donors (Lipinski definition) is 0. The second-order valence-electron chi connectivity index (χ2n) is 18.6. The number of aromatic nitrogens is 14. The molecule has 8 heterocycles. The molecule has 0 atom stereocenters. The van der Waals surface area contributed by atoms with E-state index in [1.54, 1.807) is 60.1 Å². The van der Waals surface area contributed by atoms with Crippen LogP contribution in [0.4, 0.5) is 4.39 Å². The minimum Gasteiger partial charge on any atom is -0.310 e. The van der Waals surface area contributed by atoms with Crippen LogP contribution < -0.4 is 11.1 Å². The van der Waals surface area contributed by atoms with E-state index in [0.717, 1.165) is 52.1 Å². The van der Waals surface area contributed by atoms with Crippen LogP contribution in [0.1, 0.15) is 99.8 Å². The van der Waals surface area contributed by atoms with E-state index in [2.05, 4.69) is 68.4 Å². The predicted molar refractivity (Wildman–Crippen MR) is 261 cm³/mol. The summed E-state index contributed by atoms with van der Waals surface area (Å²) in [4.78, 5) is 45.6. The van der Waals surface area contributed by atoms with Crippen LogP contribution in [0, 0.1) is 19.7 Å². The van der Waals surface area contributed by atoms with Crippen molar-refractivity contribution >= 4 is 21.5 Å². The van der Waals surface area contributed by atoms with Crippen LogP contribution in [0.2, 0.25) is 0 Å². The molecule has 0 aliphatic heterocycles. The van der Waals surface area contributed by atoms with Gasteiger partial charge in [-0.1, -0.05) is 12.1 Å². The SMILES string of the molecule is Cc1cc2c(F)cn(-c3cccc(-c4nncn4C(C)C)n3)c(=O)c2cc1-n1cnc(C2CC2)c1.Cc1cc2ccn(-c3cccc(-c4nncn4C(C)C)n3)c(=O)c2cc1-n1cnc(C2CC2)c1. The molecular formula is C52H49FN14O2. The number of nitrogens with zero attached hydrogens (tertiary/aromatic N) is 14. The molecule has 2 aliphatic rings. The molecule has 8 aromatic heterocycles. The molecule has 346 valence electrons. The Morgan fingerprint density at radius 2 is 1.09 bits per heavy atom. The van der Waals surface area contributed by atoms with Gasteiger partial charge in [0, 0.05) is 53.3 Å². The lowest BCUT2D eigenvalue weighted by Gasteiger charge is -2.13. The van der Waals surface area contributed by atoms with E-state index < -0.39 is 5.82 Å². The van der Waals surface area contributed by atoms with Crippen molar-refractivity contribution in [2.45, 2.75) is 91.1 Å². The Morgan fingerprint density at radius 3 is 1.62 bits per heavy atom. The molecule has 17 heteroatoms. The second-order valence-corrected chi connectivity index (χ2v) is 18.6. The average Bonchev–Trinajstić information content (AvgIpc) is 4.07. The van der Waals surface area contributed by atoms with Crippen LogP contribution in [0.3, 0.4) is 0 Å². The van der Waals surface area contributed by atoms with Crippen molar-refractivity contribution in [3.05, 3.63) is 166 Å². The first-order chi connectivity index (χ1) is 33.4. The van der Waals surface area contributed by atoms with Gasteiger partial charge in [-0.15, -0.1) is 20.4 Å². The van der Waals surface area contributed by atoms with Crippen molar-refractivity contribution in [3.8, 4) is 46.0 Å². The summed E-state index contributed by atoms with van der Waals surface area (Å²) in [6.45, 7) is 12.1. The summed E-state index contributed by atoms with van der Waals surface area (Å²) in [6, 6.07) is 20.6. The van der Waals surface area contributed by atoms with Gasteiger partial charge in [-0.2, -0.15) is 0 Å². The molecule has 2 aromatic carbocycles. The number of aryl methyl sites for hydroxylation is 2. The zero-order valence-electron chi connectivity index (χ0n) is 39.1. The highest BCUT2D eigenvalue weighted by molar-refractivity contribution is 5.86. The quantitative estimate of drug-likeness (QED) is 0.129. The van der Waals surface area contributed by atoms with E-state index >= 15 is 4.39 Å². The number of imidazole rings is 2. The van der Waals surface area contributed by atoms with Gasteiger partial charge in [0.25, 0.3) is 11.1 Å². The average molecular weight is 921 g/mol. The van der Waals surface area contributed by atoms with E-state index in [9.17, 15) is 9.59 Å². The van der Waals surface area contributed by atoms with Gasteiger partial charge in [-0.05, 0) is 138 Å². The van der Waals surface area contributed by atoms with Gasteiger partial charge < -0.3 is 18.3 Å². The summed E-state index contributed by atoms with van der Waals surface area (Å²) < 4.78 is 25.9. The number of rotatable bonds is 10. The molecule has 2 aliphatic carbocycles. The molecule has 0 unspecified atom stereocenters. The monoisotopic (exact) mass is 920 g/mol. The summed E-state index contributed by atoms with van der Waals surface area (Å²) >= 11 is 0. The maximum atomic E-state index is 15.3. The first kappa shape index (κ1) is 43.4. The normalized spacial score (nSPS) is 13.8. The zero-order chi connectivity index (χ0) is 47.7. The zero-order valence-corrected chi connectivity index (χ0v) is 39.1. The minimum absolute atomic E-state index is 0.115. The number of fused-ring (bicyclic) bond motifs is 2. The van der Waals surface area contributed by atoms with Gasteiger partial charge in [-0.25, -0.2) is 24.3 Å². The lowest BCUT2D eigenvalue weighted by Crippen LogP contribution is -2.20. The molecule has 0 saturated heterocycles. The Bertz CT molecular complexity index is 3710. The molecule has 12 rings (SSSR count). The Labute approximate surface area is 395 Å². The van der Waals surface area contributed by atoms with Crippen LogP contribution in [-0.4, -0.2) is 67.7 Å². The molecule has 0 spiro atoms. The van der Waals surface area contributed by atoms with E-state index in [1.165, 1.54) is 23.6 Å². The van der Waals surface area contributed by atoms with E-state index in [1.807, 2.05) is 81.9 Å². The van der Waals surface area contributed by atoms with Gasteiger partial charge in [0.05, 0.1) is 47.0 Å². The fraction of sp³-hybridized carbons (Fsp3) is 0.269. The molecule has 2 fully saturated rings. The fourth-order valence-corrected chi connectivity index (χ4v) is 8.83. The third-order valence-corrected chi connectivity index (χ3v) is 12.9. The van der Waals surface area contributed by atoms with Crippen LogP contribution in [0.25, 0.3) is 67.6 Å². The van der Waals surface area contributed by atoms with Crippen molar-refractivity contribution in [1.29, 1.82) is 0 Å². The Balaban J connectivity index is 0.000000151. The highest BCUT2D eigenvalue weighted by Gasteiger charge is 2.27. The number of pyridine rings is 4. The number of halogens is 1. The molecule has 0 bridgehead atoms. The minimum atomic E-state index is -0.490. The molecule has 69 heavy (non-hydrogen) atoms. The Hall–Kier alpha value is -8.21. The maximum Gasteiger partial charge on any atom is 0.264 e. The smallest absolute Gasteiger partial charge is 0.264 e. The molecule has 0 N–H and O–H groups in total. The fourth-order valence-electron chi connectivity index (χ4n) is 8.83. The van der Waals surface area contributed by atoms with Gasteiger partial charge in [0.2, 0.25) is 0 Å². The lowest BCUT2D eigenvalue weighted by molar-refractivity contribution is 0.602. The molecular weight excluding hydrogens is 872 g/mol. The third kappa shape index (κ3) is 8.12. The molecule has 10 aromatic rings. The van der Waals surface area contributed by atoms with Crippen molar-refractivity contribution < 1.29 is 4.39 Å². The van der Waals surface area contributed by atoms with Crippen LogP contribution >= 0.6 is 0 Å². The predicted octanol–water partition coefficient (Wildman–Crippen LogP) is 9.33. The van der Waals surface area contributed by atoms with Crippen molar-refractivity contribution in [3.63, 3.8) is 0 Å². The Morgan fingerprint density at radius 1 is 0.580 bits per heavy atom. The summed E-state index contributed by atoms with van der Waals surface area (Å²) in [7, 11) is 0. The number of hydrogen-bond acceptors (Lipinski definition) is 10. The summed E-state index contributed by atoms with van der Waals surface area (Å²) in [5, 5.41) is 18.6. The standard InChI is InChI=1S/C26H24FN7O.C26H25N7O/c1-15(2)34-14-29-31-25(34)21-5-4-6-24(30-21)33-11-20(27)18-9-16(3)23(10-19(18)26(33)35)32-12-22(28-13-32)17-7-8-17;1-16(2)33-15-28-30-25(33)21-5-4-6-24(29-21)32-10-9-19-11-17(3)23(12-20(19)26(32)34)31-13-22(27-14-31)18-7-8-18/h4-6,9-15,17H,7-8H2,1-3H3;4-6,9-16,18H,7-8H2,1-3H3. The van der Waals surface area contributed by atoms with Gasteiger partial charge in [0.1, 0.15) is 41.5 Å². The van der Waals surface area contributed by atoms with Crippen molar-refractivity contribution in [2.75, 3.05) is 0 Å². The van der Waals surface area contributed by atoms with Gasteiger partial charge >= 0.3 is 0 Å². The summed E-state index contributed by atoms with van der Waals surface area (Å²) in [6.07, 6.45) is 18.7.